The second kappa shape index (κ2) is 10.5. The molecule has 162 valence electrons. The Bertz CT molecular complexity index is 1090. The van der Waals surface area contributed by atoms with E-state index in [-0.39, 0.29) is 18.4 Å². The van der Waals surface area contributed by atoms with Crippen LogP contribution in [-0.2, 0) is 6.61 Å². The molecule has 0 unspecified atom stereocenters. The normalized spacial score (nSPS) is 12.9. The van der Waals surface area contributed by atoms with Gasteiger partial charge in [-0.1, -0.05) is 60.2 Å². The van der Waals surface area contributed by atoms with Gasteiger partial charge in [0.25, 0.3) is 0 Å². The molecule has 0 saturated heterocycles. The van der Waals surface area contributed by atoms with Crippen molar-refractivity contribution in [2.75, 3.05) is 13.6 Å². The van der Waals surface area contributed by atoms with Gasteiger partial charge in [0.05, 0.1) is 12.1 Å². The number of aliphatic hydroxyl groups excluding tert-OH is 1. The molecule has 3 aromatic carbocycles. The summed E-state index contributed by atoms with van der Waals surface area (Å²) in [6.45, 7) is 3.14. The van der Waals surface area contributed by atoms with Crippen molar-refractivity contribution in [3.63, 3.8) is 0 Å². The Morgan fingerprint density at radius 1 is 0.968 bits per heavy atom. The van der Waals surface area contributed by atoms with Crippen LogP contribution in [0.25, 0.3) is 10.9 Å². The number of fused-ring (bicyclic) bond motifs is 1. The van der Waals surface area contributed by atoms with Gasteiger partial charge in [0.1, 0.15) is 12.4 Å². The molecule has 1 aromatic heterocycles. The van der Waals surface area contributed by atoms with Gasteiger partial charge < -0.3 is 19.7 Å². The molecule has 0 aliphatic rings. The first kappa shape index (κ1) is 22.9. The molecule has 2 atom stereocenters. The first-order chi connectivity index (χ1) is 14.7. The number of aromatic nitrogens is 1. The van der Waals surface area contributed by atoms with E-state index < -0.39 is 6.10 Å². The van der Waals surface area contributed by atoms with E-state index in [1.54, 1.807) is 0 Å². The summed E-state index contributed by atoms with van der Waals surface area (Å²) >= 11 is 0. The maximum absolute atomic E-state index is 10.9. The topological polar surface area (TPSA) is 46.4 Å². The lowest BCUT2D eigenvalue weighted by atomic mass is 10.0. The van der Waals surface area contributed by atoms with Crippen molar-refractivity contribution in [1.29, 1.82) is 0 Å². The Balaban J connectivity index is 0.00000272. The van der Waals surface area contributed by atoms with E-state index in [0.717, 1.165) is 27.8 Å². The number of halogens is 1. The highest BCUT2D eigenvalue weighted by atomic mass is 35.5. The van der Waals surface area contributed by atoms with E-state index in [0.29, 0.717) is 13.2 Å². The lowest BCUT2D eigenvalue weighted by Gasteiger charge is -2.26. The van der Waals surface area contributed by atoms with Crippen LogP contribution in [0.5, 0.6) is 5.75 Å². The maximum Gasteiger partial charge on any atom is 0.120 e. The molecule has 31 heavy (non-hydrogen) atoms. The summed E-state index contributed by atoms with van der Waals surface area (Å²) < 4.78 is 8.16. The van der Waals surface area contributed by atoms with Gasteiger partial charge in [0.2, 0.25) is 0 Å². The van der Waals surface area contributed by atoms with E-state index in [1.807, 2.05) is 37.5 Å². The fourth-order valence-corrected chi connectivity index (χ4v) is 3.86. The zero-order chi connectivity index (χ0) is 20.9. The van der Waals surface area contributed by atoms with Crippen molar-refractivity contribution in [2.45, 2.75) is 25.7 Å². The average molecular weight is 437 g/mol. The molecule has 5 heteroatoms. The molecule has 0 fully saturated rings. The molecule has 0 spiro atoms. The highest BCUT2D eigenvalue weighted by Gasteiger charge is 2.23. The van der Waals surface area contributed by atoms with Crippen LogP contribution in [0.4, 0.5) is 0 Å². The number of benzene rings is 3. The van der Waals surface area contributed by atoms with Crippen molar-refractivity contribution >= 4 is 23.3 Å². The number of nitrogens with zero attached hydrogens (tertiary/aromatic N) is 1. The van der Waals surface area contributed by atoms with Crippen LogP contribution in [0.3, 0.4) is 0 Å². The van der Waals surface area contributed by atoms with Crippen LogP contribution in [-0.4, -0.2) is 29.4 Å². The lowest BCUT2D eigenvalue weighted by Crippen LogP contribution is -2.33. The Morgan fingerprint density at radius 3 is 2.42 bits per heavy atom. The summed E-state index contributed by atoms with van der Waals surface area (Å²) in [6.07, 6.45) is 1.50. The molecule has 0 bridgehead atoms. The molecule has 4 nitrogen and oxygen atoms in total. The first-order valence-corrected chi connectivity index (χ1v) is 10.3. The minimum atomic E-state index is -0.550. The molecule has 4 rings (SSSR count). The predicted octanol–water partition coefficient (Wildman–Crippen LogP) is 5.12. The van der Waals surface area contributed by atoms with Gasteiger partial charge in [-0.05, 0) is 49.4 Å². The van der Waals surface area contributed by atoms with Crippen molar-refractivity contribution < 1.29 is 9.84 Å². The minimum Gasteiger partial charge on any atom is -0.489 e. The molecule has 0 aliphatic heterocycles. The quantitative estimate of drug-likeness (QED) is 0.403. The molecule has 2 N–H and O–H groups in total. The maximum atomic E-state index is 10.9. The predicted molar refractivity (Wildman–Crippen MR) is 129 cm³/mol. The third-order valence-electron chi connectivity index (χ3n) is 5.44. The number of aliphatic hydroxyl groups is 1. The number of rotatable bonds is 8. The van der Waals surface area contributed by atoms with Gasteiger partial charge in [-0.25, -0.2) is 0 Å². The summed E-state index contributed by atoms with van der Waals surface area (Å²) in [7, 11) is 1.86. The third kappa shape index (κ3) is 5.28. The monoisotopic (exact) mass is 436 g/mol. The Hall–Kier alpha value is -2.79. The fourth-order valence-electron chi connectivity index (χ4n) is 3.86. The molecular formula is C26H29ClN2O2. The Kier molecular flexibility index (Phi) is 7.75. The van der Waals surface area contributed by atoms with Crippen LogP contribution >= 0.6 is 12.4 Å². The Labute approximate surface area is 189 Å². The zero-order valence-electron chi connectivity index (χ0n) is 17.9. The zero-order valence-corrected chi connectivity index (χ0v) is 18.7. The van der Waals surface area contributed by atoms with Crippen LogP contribution in [0.1, 0.15) is 22.7 Å². The lowest BCUT2D eigenvalue weighted by molar-refractivity contribution is 0.132. The number of ether oxygens (including phenoxy) is 1. The van der Waals surface area contributed by atoms with Gasteiger partial charge in [0, 0.05) is 23.6 Å². The molecule has 4 aromatic rings. The van der Waals surface area contributed by atoms with Crippen LogP contribution in [0.2, 0.25) is 0 Å². The van der Waals surface area contributed by atoms with Gasteiger partial charge in [-0.3, -0.25) is 0 Å². The second-order valence-corrected chi connectivity index (χ2v) is 7.70. The van der Waals surface area contributed by atoms with Crippen molar-refractivity contribution in [2.24, 2.45) is 0 Å². The summed E-state index contributed by atoms with van der Waals surface area (Å²) in [5.74, 6) is 0.841. The number of aryl methyl sites for hydroxylation is 1. The molecular weight excluding hydrogens is 408 g/mol. The molecule has 0 saturated carbocycles. The fraction of sp³-hybridized carbons (Fsp3) is 0.231. The first-order valence-electron chi connectivity index (χ1n) is 10.3. The second-order valence-electron chi connectivity index (χ2n) is 7.70. The smallest absolute Gasteiger partial charge is 0.120 e. The summed E-state index contributed by atoms with van der Waals surface area (Å²) in [5.41, 5.74) is 4.55. The summed E-state index contributed by atoms with van der Waals surface area (Å²) in [6, 6.07) is 26.6. The molecule has 0 radical (unpaired) electrons. The van der Waals surface area contributed by atoms with Crippen molar-refractivity contribution in [1.82, 2.24) is 9.88 Å². The third-order valence-corrected chi connectivity index (χ3v) is 5.44. The van der Waals surface area contributed by atoms with E-state index in [1.165, 1.54) is 5.56 Å². The SMILES string of the molecule is CNC[C@@H](O)[C@H](c1ccccc1)n1ccc2cc(OCc3ccc(C)cc3)ccc21.Cl. The van der Waals surface area contributed by atoms with Gasteiger partial charge in [-0.15, -0.1) is 12.4 Å². The summed E-state index contributed by atoms with van der Waals surface area (Å²) in [5, 5.41) is 15.1. The van der Waals surface area contributed by atoms with Crippen LogP contribution < -0.4 is 10.1 Å². The molecule has 0 amide bonds. The van der Waals surface area contributed by atoms with E-state index in [9.17, 15) is 5.11 Å². The number of likely N-dealkylation sites (N-methyl/N-ethyl adjacent to an activating group) is 1. The van der Waals surface area contributed by atoms with Crippen LogP contribution in [0.15, 0.2) is 85.1 Å². The number of hydrogen-bond donors (Lipinski definition) is 2. The standard InChI is InChI=1S/C26H28N2O2.ClH/c1-19-8-10-20(11-9-19)18-30-23-12-13-24-22(16-23)14-15-28(24)26(25(29)17-27-2)21-6-4-3-5-7-21;/h3-16,25-27,29H,17-18H2,1-2H3;1H/t25-,26+;/m1./s1. The highest BCUT2D eigenvalue weighted by molar-refractivity contribution is 5.85. The Morgan fingerprint density at radius 2 is 1.71 bits per heavy atom. The molecule has 1 heterocycles. The van der Waals surface area contributed by atoms with E-state index >= 15 is 0 Å². The van der Waals surface area contributed by atoms with Gasteiger partial charge in [0.15, 0.2) is 0 Å². The minimum absolute atomic E-state index is 0. The summed E-state index contributed by atoms with van der Waals surface area (Å²) in [4.78, 5) is 0. The highest BCUT2D eigenvalue weighted by Crippen LogP contribution is 2.30. The van der Waals surface area contributed by atoms with Crippen molar-refractivity contribution in [3.8, 4) is 5.75 Å². The molecule has 0 aliphatic carbocycles. The van der Waals surface area contributed by atoms with Crippen molar-refractivity contribution in [3.05, 3.63) is 102 Å². The van der Waals surface area contributed by atoms with E-state index in [2.05, 4.69) is 71.4 Å². The van der Waals surface area contributed by atoms with Gasteiger partial charge >= 0.3 is 0 Å². The average Bonchev–Trinajstić information content (AvgIpc) is 3.17. The van der Waals surface area contributed by atoms with Gasteiger partial charge in [-0.2, -0.15) is 0 Å². The van der Waals surface area contributed by atoms with E-state index in [4.69, 9.17) is 4.74 Å². The number of hydrogen-bond acceptors (Lipinski definition) is 3. The number of nitrogens with one attached hydrogen (secondary N) is 1. The van der Waals surface area contributed by atoms with Crippen LogP contribution in [0, 0.1) is 6.92 Å². The largest absolute Gasteiger partial charge is 0.489 e.